The van der Waals surface area contributed by atoms with Gasteiger partial charge < -0.3 is 9.84 Å². The molecule has 0 bridgehead atoms. The van der Waals surface area contributed by atoms with Gasteiger partial charge >= 0.3 is 5.97 Å². The molecule has 3 unspecified atom stereocenters. The monoisotopic (exact) mass is 308 g/mol. The second kappa shape index (κ2) is 7.74. The van der Waals surface area contributed by atoms with E-state index in [-0.39, 0.29) is 11.2 Å². The zero-order chi connectivity index (χ0) is 15.2. The topological polar surface area (TPSA) is 46.5 Å². The Bertz CT molecular complexity index is 475. The average Bonchev–Trinajstić information content (AvgIpc) is 2.48. The number of ether oxygens (including phenoxy) is 1. The van der Waals surface area contributed by atoms with E-state index < -0.39 is 5.97 Å². The van der Waals surface area contributed by atoms with Gasteiger partial charge in [-0.05, 0) is 37.3 Å². The van der Waals surface area contributed by atoms with Crippen LogP contribution in [0.1, 0.15) is 39.0 Å². The fourth-order valence-corrected chi connectivity index (χ4v) is 4.71. The van der Waals surface area contributed by atoms with Crippen LogP contribution in [0.4, 0.5) is 0 Å². The summed E-state index contributed by atoms with van der Waals surface area (Å²) in [5.74, 6) is 0.604. The number of hydrogen-bond donors (Lipinski definition) is 1. The van der Waals surface area contributed by atoms with Gasteiger partial charge in [0.1, 0.15) is 5.75 Å². The largest absolute Gasteiger partial charge is 0.496 e. The van der Waals surface area contributed by atoms with Crippen LogP contribution < -0.4 is 4.74 Å². The molecule has 1 fully saturated rings. The molecule has 0 saturated heterocycles. The highest BCUT2D eigenvalue weighted by Gasteiger charge is 2.35. The smallest absolute Gasteiger partial charge is 0.307 e. The minimum absolute atomic E-state index is 0.143. The summed E-state index contributed by atoms with van der Waals surface area (Å²) < 4.78 is 5.39. The lowest BCUT2D eigenvalue weighted by molar-refractivity contribution is -0.142. The number of thioether (sulfide) groups is 1. The minimum atomic E-state index is -0.655. The van der Waals surface area contributed by atoms with Crippen molar-refractivity contribution in [1.29, 1.82) is 0 Å². The summed E-state index contributed by atoms with van der Waals surface area (Å²) in [6, 6.07) is 7.88. The maximum Gasteiger partial charge on any atom is 0.307 e. The molecule has 0 spiro atoms. The minimum Gasteiger partial charge on any atom is -0.496 e. The fraction of sp³-hybridized carbons (Fsp3) is 0.588. The van der Waals surface area contributed by atoms with Gasteiger partial charge in [0.05, 0.1) is 13.0 Å². The van der Waals surface area contributed by atoms with Gasteiger partial charge in [0, 0.05) is 10.1 Å². The lowest BCUT2D eigenvalue weighted by Gasteiger charge is -2.33. The Hall–Kier alpha value is -1.16. The lowest BCUT2D eigenvalue weighted by Crippen LogP contribution is -2.32. The number of methoxy groups -OCH3 is 1. The Morgan fingerprint density at radius 3 is 2.81 bits per heavy atom. The summed E-state index contributed by atoms with van der Waals surface area (Å²) in [4.78, 5) is 12.6. The third kappa shape index (κ3) is 4.16. The number of aliphatic carboxylic acids is 1. The van der Waals surface area contributed by atoms with Crippen molar-refractivity contribution < 1.29 is 14.6 Å². The van der Waals surface area contributed by atoms with Crippen LogP contribution in [0, 0.1) is 11.8 Å². The maximum atomic E-state index is 11.5. The lowest BCUT2D eigenvalue weighted by atomic mass is 9.80. The molecule has 1 aromatic carbocycles. The summed E-state index contributed by atoms with van der Waals surface area (Å²) >= 11 is 1.68. The SMILES string of the molecule is CCCC1CCC(C(=O)O)C(Sc2ccccc2OC)C1. The van der Waals surface area contributed by atoms with Crippen LogP contribution in [0.15, 0.2) is 29.2 Å². The van der Waals surface area contributed by atoms with Crippen LogP contribution >= 0.6 is 11.8 Å². The molecule has 0 amide bonds. The Morgan fingerprint density at radius 2 is 2.14 bits per heavy atom. The van der Waals surface area contributed by atoms with Crippen LogP contribution in [0.25, 0.3) is 0 Å². The summed E-state index contributed by atoms with van der Waals surface area (Å²) in [6.07, 6.45) is 5.22. The maximum absolute atomic E-state index is 11.5. The van der Waals surface area contributed by atoms with E-state index in [0.29, 0.717) is 5.92 Å². The van der Waals surface area contributed by atoms with E-state index >= 15 is 0 Å². The fourth-order valence-electron chi connectivity index (χ4n) is 3.17. The molecule has 1 saturated carbocycles. The molecule has 3 atom stereocenters. The molecule has 3 nitrogen and oxygen atoms in total. The van der Waals surface area contributed by atoms with Gasteiger partial charge in [0.2, 0.25) is 0 Å². The average molecular weight is 308 g/mol. The first-order valence-corrected chi connectivity index (χ1v) is 8.56. The summed E-state index contributed by atoms with van der Waals surface area (Å²) in [5.41, 5.74) is 0. The number of carbonyl (C=O) groups is 1. The van der Waals surface area contributed by atoms with Crippen molar-refractivity contribution in [1.82, 2.24) is 0 Å². The molecule has 1 N–H and O–H groups in total. The van der Waals surface area contributed by atoms with E-state index in [1.54, 1.807) is 18.9 Å². The second-order valence-electron chi connectivity index (χ2n) is 5.72. The van der Waals surface area contributed by atoms with Gasteiger partial charge in [-0.25, -0.2) is 0 Å². The normalized spacial score (nSPS) is 25.5. The van der Waals surface area contributed by atoms with Crippen molar-refractivity contribution in [3.8, 4) is 5.75 Å². The van der Waals surface area contributed by atoms with Crippen LogP contribution in [-0.2, 0) is 4.79 Å². The third-order valence-corrected chi connectivity index (χ3v) is 5.68. The van der Waals surface area contributed by atoms with Crippen LogP contribution in [0.3, 0.4) is 0 Å². The molecule has 4 heteroatoms. The zero-order valence-corrected chi connectivity index (χ0v) is 13.6. The predicted molar refractivity (Wildman–Crippen MR) is 86.0 cm³/mol. The van der Waals surface area contributed by atoms with Gasteiger partial charge in [-0.2, -0.15) is 0 Å². The first-order valence-electron chi connectivity index (χ1n) is 7.68. The highest BCUT2D eigenvalue weighted by molar-refractivity contribution is 8.00. The first-order chi connectivity index (χ1) is 10.2. The molecule has 21 heavy (non-hydrogen) atoms. The molecule has 0 heterocycles. The Kier molecular flexibility index (Phi) is 5.97. The van der Waals surface area contributed by atoms with E-state index in [9.17, 15) is 9.90 Å². The first kappa shape index (κ1) is 16.2. The zero-order valence-electron chi connectivity index (χ0n) is 12.7. The molecule has 2 rings (SSSR count). The van der Waals surface area contributed by atoms with Crippen molar-refractivity contribution in [2.45, 2.75) is 49.2 Å². The highest BCUT2D eigenvalue weighted by atomic mass is 32.2. The Morgan fingerprint density at radius 1 is 1.38 bits per heavy atom. The molecule has 0 aliphatic heterocycles. The predicted octanol–water partition coefficient (Wildman–Crippen LogP) is 4.46. The van der Waals surface area contributed by atoms with Crippen molar-refractivity contribution in [2.24, 2.45) is 11.8 Å². The Labute approximate surface area is 131 Å². The van der Waals surface area contributed by atoms with Crippen LogP contribution in [0.2, 0.25) is 0 Å². The molecule has 116 valence electrons. The standard InChI is InChI=1S/C17H24O3S/c1-3-6-12-9-10-13(17(18)19)16(11-12)21-15-8-5-4-7-14(15)20-2/h4-5,7-8,12-13,16H,3,6,9-11H2,1-2H3,(H,18,19). The van der Waals surface area contributed by atoms with E-state index in [4.69, 9.17) is 4.74 Å². The molecular formula is C17H24O3S. The van der Waals surface area contributed by atoms with Gasteiger partial charge in [-0.1, -0.05) is 31.9 Å². The summed E-state index contributed by atoms with van der Waals surface area (Å²) in [7, 11) is 1.66. The van der Waals surface area contributed by atoms with Crippen LogP contribution in [-0.4, -0.2) is 23.4 Å². The molecule has 0 radical (unpaired) electrons. The van der Waals surface area contributed by atoms with E-state index in [1.165, 1.54) is 12.8 Å². The summed E-state index contributed by atoms with van der Waals surface area (Å²) in [6.45, 7) is 2.20. The van der Waals surface area contributed by atoms with Crippen LogP contribution in [0.5, 0.6) is 5.75 Å². The van der Waals surface area contributed by atoms with Gasteiger partial charge in [0.15, 0.2) is 0 Å². The van der Waals surface area contributed by atoms with Crippen molar-refractivity contribution in [2.75, 3.05) is 7.11 Å². The number of rotatable bonds is 6. The molecule has 1 aromatic rings. The summed E-state index contributed by atoms with van der Waals surface area (Å²) in [5, 5.41) is 9.63. The number of carboxylic acid groups (broad SMARTS) is 1. The molecule has 1 aliphatic carbocycles. The van der Waals surface area contributed by atoms with Gasteiger partial charge in [-0.15, -0.1) is 11.8 Å². The second-order valence-corrected chi connectivity index (χ2v) is 7.00. The molecular weight excluding hydrogens is 284 g/mol. The molecule has 0 aromatic heterocycles. The van der Waals surface area contributed by atoms with Gasteiger partial charge in [-0.3, -0.25) is 4.79 Å². The van der Waals surface area contributed by atoms with E-state index in [2.05, 4.69) is 6.92 Å². The quantitative estimate of drug-likeness (QED) is 0.843. The number of hydrogen-bond acceptors (Lipinski definition) is 3. The number of carboxylic acids is 1. The van der Waals surface area contributed by atoms with Crippen molar-refractivity contribution >= 4 is 17.7 Å². The number of benzene rings is 1. The Balaban J connectivity index is 2.13. The number of para-hydroxylation sites is 1. The van der Waals surface area contributed by atoms with E-state index in [1.807, 2.05) is 24.3 Å². The van der Waals surface area contributed by atoms with Crippen molar-refractivity contribution in [3.63, 3.8) is 0 Å². The van der Waals surface area contributed by atoms with Gasteiger partial charge in [0.25, 0.3) is 0 Å². The van der Waals surface area contributed by atoms with Crippen molar-refractivity contribution in [3.05, 3.63) is 24.3 Å². The molecule has 1 aliphatic rings. The third-order valence-electron chi connectivity index (χ3n) is 4.26. The highest BCUT2D eigenvalue weighted by Crippen LogP contribution is 2.43. The van der Waals surface area contributed by atoms with E-state index in [0.717, 1.165) is 29.9 Å².